The van der Waals surface area contributed by atoms with Crippen LogP contribution in [0.1, 0.15) is 30.6 Å². The summed E-state index contributed by atoms with van der Waals surface area (Å²) in [6.45, 7) is 4.31. The van der Waals surface area contributed by atoms with E-state index in [2.05, 4.69) is 10.6 Å². The van der Waals surface area contributed by atoms with Crippen molar-refractivity contribution < 1.29 is 24.5 Å². The van der Waals surface area contributed by atoms with Gasteiger partial charge >= 0.3 is 12.0 Å². The fraction of sp³-hybridized carbons (Fsp3) is 0.429. The first-order chi connectivity index (χ1) is 9.83. The average Bonchev–Trinajstić information content (AvgIpc) is 2.71. The number of carboxylic acids is 1. The number of aromatic hydroxyl groups is 1. The zero-order valence-electron chi connectivity index (χ0n) is 11.8. The SMILES string of the molecule is CC1OCCC1(C)NC(=O)Nc1cccc(C(=O)O)c1O. The number of ether oxygens (including phenoxy) is 1. The highest BCUT2D eigenvalue weighted by atomic mass is 16.5. The van der Waals surface area contributed by atoms with E-state index >= 15 is 0 Å². The number of hydrogen-bond acceptors (Lipinski definition) is 4. The summed E-state index contributed by atoms with van der Waals surface area (Å²) in [6, 6.07) is 3.61. The summed E-state index contributed by atoms with van der Waals surface area (Å²) in [5, 5.41) is 24.0. The topological polar surface area (TPSA) is 108 Å². The Labute approximate surface area is 121 Å². The number of hydrogen-bond donors (Lipinski definition) is 4. The first kappa shape index (κ1) is 15.1. The van der Waals surface area contributed by atoms with Crippen molar-refractivity contribution in [3.8, 4) is 5.75 Å². The van der Waals surface area contributed by atoms with Crippen LogP contribution in [-0.4, -0.2) is 40.5 Å². The van der Waals surface area contributed by atoms with Crippen LogP contribution in [0.3, 0.4) is 0 Å². The summed E-state index contributed by atoms with van der Waals surface area (Å²) < 4.78 is 5.42. The number of aromatic carboxylic acids is 1. The second-order valence-electron chi connectivity index (χ2n) is 5.27. The molecular formula is C14H18N2O5. The lowest BCUT2D eigenvalue weighted by atomic mass is 9.95. The molecule has 1 heterocycles. The molecule has 0 aliphatic carbocycles. The number of anilines is 1. The number of nitrogens with one attached hydrogen (secondary N) is 2. The molecule has 1 aliphatic rings. The zero-order chi connectivity index (χ0) is 15.6. The molecule has 0 spiro atoms. The molecule has 2 rings (SSSR count). The van der Waals surface area contributed by atoms with E-state index in [0.717, 1.165) is 0 Å². The Balaban J connectivity index is 2.10. The molecule has 1 aliphatic heterocycles. The molecule has 1 fully saturated rings. The Morgan fingerprint density at radius 3 is 2.71 bits per heavy atom. The van der Waals surface area contributed by atoms with Crippen LogP contribution in [0.4, 0.5) is 10.5 Å². The molecule has 1 aromatic carbocycles. The smallest absolute Gasteiger partial charge is 0.339 e. The van der Waals surface area contributed by atoms with Gasteiger partial charge in [0.2, 0.25) is 0 Å². The minimum atomic E-state index is -1.26. The summed E-state index contributed by atoms with van der Waals surface area (Å²) in [5.41, 5.74) is -0.719. The van der Waals surface area contributed by atoms with Gasteiger partial charge in [0, 0.05) is 6.61 Å². The third-order valence-corrected chi connectivity index (χ3v) is 3.80. The van der Waals surface area contributed by atoms with Gasteiger partial charge in [0.05, 0.1) is 17.3 Å². The fourth-order valence-corrected chi connectivity index (χ4v) is 2.23. The lowest BCUT2D eigenvalue weighted by molar-refractivity contribution is 0.0693. The van der Waals surface area contributed by atoms with Crippen LogP contribution in [-0.2, 0) is 4.74 Å². The molecule has 2 unspecified atom stereocenters. The minimum absolute atomic E-state index is 0.0440. The van der Waals surface area contributed by atoms with Crippen molar-refractivity contribution in [1.82, 2.24) is 5.32 Å². The molecule has 2 atom stereocenters. The van der Waals surface area contributed by atoms with Crippen molar-refractivity contribution in [1.29, 1.82) is 0 Å². The normalized spacial score (nSPS) is 24.6. The molecule has 1 aromatic rings. The second kappa shape index (κ2) is 5.61. The molecule has 7 nitrogen and oxygen atoms in total. The van der Waals surface area contributed by atoms with Gasteiger partial charge in [-0.1, -0.05) is 6.07 Å². The first-order valence-corrected chi connectivity index (χ1v) is 6.59. The van der Waals surface area contributed by atoms with E-state index in [1.54, 1.807) is 0 Å². The van der Waals surface area contributed by atoms with Crippen molar-refractivity contribution in [2.24, 2.45) is 0 Å². The largest absolute Gasteiger partial charge is 0.505 e. The van der Waals surface area contributed by atoms with Crippen molar-refractivity contribution in [3.05, 3.63) is 23.8 Å². The Kier molecular flexibility index (Phi) is 4.04. The average molecular weight is 294 g/mol. The minimum Gasteiger partial charge on any atom is -0.505 e. The van der Waals surface area contributed by atoms with Crippen molar-refractivity contribution >= 4 is 17.7 Å². The van der Waals surface area contributed by atoms with Crippen LogP contribution in [0.15, 0.2) is 18.2 Å². The van der Waals surface area contributed by atoms with E-state index in [1.165, 1.54) is 18.2 Å². The number of para-hydroxylation sites is 1. The van der Waals surface area contributed by atoms with Crippen LogP contribution in [0.25, 0.3) is 0 Å². The predicted octanol–water partition coefficient (Wildman–Crippen LogP) is 1.78. The highest BCUT2D eigenvalue weighted by Crippen LogP contribution is 2.28. The molecule has 0 saturated carbocycles. The highest BCUT2D eigenvalue weighted by molar-refractivity contribution is 5.97. The third kappa shape index (κ3) is 3.08. The number of urea groups is 1. The van der Waals surface area contributed by atoms with E-state index in [4.69, 9.17) is 9.84 Å². The van der Waals surface area contributed by atoms with Gasteiger partial charge in [0.25, 0.3) is 0 Å². The molecule has 21 heavy (non-hydrogen) atoms. The number of carbonyl (C=O) groups is 2. The summed E-state index contributed by atoms with van der Waals surface area (Å²) in [7, 11) is 0. The molecule has 0 aromatic heterocycles. The summed E-state index contributed by atoms with van der Waals surface area (Å²) >= 11 is 0. The van der Waals surface area contributed by atoms with Crippen molar-refractivity contribution in [2.45, 2.75) is 31.9 Å². The van der Waals surface area contributed by atoms with Gasteiger partial charge in [-0.05, 0) is 32.4 Å². The second-order valence-corrected chi connectivity index (χ2v) is 5.27. The Morgan fingerprint density at radius 1 is 1.43 bits per heavy atom. The standard InChI is InChI=1S/C14H18N2O5/c1-8-14(2,6-7-21-8)16-13(20)15-10-5-3-4-9(11(10)17)12(18)19/h3-5,8,17H,6-7H2,1-2H3,(H,18,19)(H2,15,16,20). The van der Waals surface area contributed by atoms with Gasteiger partial charge in [-0.3, -0.25) is 0 Å². The number of benzene rings is 1. The molecule has 4 N–H and O–H groups in total. The molecular weight excluding hydrogens is 276 g/mol. The summed E-state index contributed by atoms with van der Waals surface area (Å²) in [6.07, 6.45) is 0.560. The van der Waals surface area contributed by atoms with Gasteiger partial charge in [0.1, 0.15) is 5.56 Å². The Morgan fingerprint density at radius 2 is 2.14 bits per heavy atom. The van der Waals surface area contributed by atoms with Gasteiger partial charge in [-0.15, -0.1) is 0 Å². The predicted molar refractivity (Wildman–Crippen MR) is 75.7 cm³/mol. The lowest BCUT2D eigenvalue weighted by Gasteiger charge is -2.28. The van der Waals surface area contributed by atoms with Crippen LogP contribution >= 0.6 is 0 Å². The quantitative estimate of drug-likeness (QED) is 0.635. The maximum atomic E-state index is 12.0. The van der Waals surface area contributed by atoms with Gasteiger partial charge < -0.3 is 25.6 Å². The molecule has 7 heteroatoms. The monoisotopic (exact) mass is 294 g/mol. The lowest BCUT2D eigenvalue weighted by Crippen LogP contribution is -2.52. The number of rotatable bonds is 3. The highest BCUT2D eigenvalue weighted by Gasteiger charge is 2.38. The molecule has 2 amide bonds. The maximum absolute atomic E-state index is 12.0. The number of carboxylic acid groups (broad SMARTS) is 1. The van der Waals surface area contributed by atoms with E-state index in [9.17, 15) is 14.7 Å². The number of amides is 2. The molecule has 114 valence electrons. The number of phenols is 1. The third-order valence-electron chi connectivity index (χ3n) is 3.80. The molecule has 0 radical (unpaired) electrons. The first-order valence-electron chi connectivity index (χ1n) is 6.59. The van der Waals surface area contributed by atoms with Crippen LogP contribution in [0.2, 0.25) is 0 Å². The summed E-state index contributed by atoms with van der Waals surface area (Å²) in [4.78, 5) is 22.9. The summed E-state index contributed by atoms with van der Waals surface area (Å²) in [5.74, 6) is -1.73. The van der Waals surface area contributed by atoms with Crippen LogP contribution < -0.4 is 10.6 Å². The maximum Gasteiger partial charge on any atom is 0.339 e. The van der Waals surface area contributed by atoms with Gasteiger partial charge in [0.15, 0.2) is 5.75 Å². The van der Waals surface area contributed by atoms with E-state index in [-0.39, 0.29) is 17.4 Å². The Hall–Kier alpha value is -2.28. The zero-order valence-corrected chi connectivity index (χ0v) is 11.8. The van der Waals surface area contributed by atoms with Gasteiger partial charge in [-0.2, -0.15) is 0 Å². The number of carbonyl (C=O) groups excluding carboxylic acids is 1. The van der Waals surface area contributed by atoms with E-state index in [0.29, 0.717) is 13.0 Å². The van der Waals surface area contributed by atoms with Gasteiger partial charge in [-0.25, -0.2) is 9.59 Å². The van der Waals surface area contributed by atoms with Crippen LogP contribution in [0.5, 0.6) is 5.75 Å². The molecule has 0 bridgehead atoms. The van der Waals surface area contributed by atoms with Crippen LogP contribution in [0, 0.1) is 0 Å². The van der Waals surface area contributed by atoms with E-state index in [1.807, 2.05) is 13.8 Å². The van der Waals surface area contributed by atoms with Crippen molar-refractivity contribution in [3.63, 3.8) is 0 Å². The fourth-order valence-electron chi connectivity index (χ4n) is 2.23. The molecule has 1 saturated heterocycles. The Bertz CT molecular complexity index is 574. The van der Waals surface area contributed by atoms with Crippen molar-refractivity contribution in [2.75, 3.05) is 11.9 Å². The van der Waals surface area contributed by atoms with E-state index < -0.39 is 23.3 Å².